The van der Waals surface area contributed by atoms with Crippen LogP contribution in [0.1, 0.15) is 46.5 Å². The topological polar surface area (TPSA) is 18.5 Å². The van der Waals surface area contributed by atoms with Gasteiger partial charge in [0.15, 0.2) is 0 Å². The Morgan fingerprint density at radius 2 is 2.00 bits per heavy atom. The van der Waals surface area contributed by atoms with Crippen LogP contribution < -0.4 is 5.32 Å². The second-order valence-corrected chi connectivity index (χ2v) is 5.73. The molecule has 3 nitrogen and oxygen atoms in total. The van der Waals surface area contributed by atoms with Gasteiger partial charge in [-0.2, -0.15) is 0 Å². The molecule has 1 rings (SSSR count). The molecule has 0 spiro atoms. The van der Waals surface area contributed by atoms with Gasteiger partial charge in [0, 0.05) is 25.2 Å². The van der Waals surface area contributed by atoms with Crippen LogP contribution in [0.15, 0.2) is 0 Å². The van der Waals surface area contributed by atoms with E-state index in [4.69, 9.17) is 0 Å². The summed E-state index contributed by atoms with van der Waals surface area (Å²) in [6, 6.07) is 1.41. The summed E-state index contributed by atoms with van der Waals surface area (Å²) in [7, 11) is 2.26. The van der Waals surface area contributed by atoms with Crippen LogP contribution in [0, 0.1) is 0 Å². The first kappa shape index (κ1) is 15.9. The average Bonchev–Trinajstić information content (AvgIpc) is 2.55. The van der Waals surface area contributed by atoms with Gasteiger partial charge in [0.05, 0.1) is 0 Å². The molecule has 2 unspecified atom stereocenters. The summed E-state index contributed by atoms with van der Waals surface area (Å²) in [5.74, 6) is 0. The molecule has 0 radical (unpaired) electrons. The molecule has 1 heterocycles. The smallest absolute Gasteiger partial charge is 0.0221 e. The van der Waals surface area contributed by atoms with Crippen molar-refractivity contribution in [2.45, 2.75) is 58.5 Å². The zero-order valence-corrected chi connectivity index (χ0v) is 12.9. The fourth-order valence-electron chi connectivity index (χ4n) is 2.89. The molecule has 1 N–H and O–H groups in total. The highest BCUT2D eigenvalue weighted by molar-refractivity contribution is 4.81. The van der Waals surface area contributed by atoms with E-state index in [0.29, 0.717) is 6.04 Å². The van der Waals surface area contributed by atoms with Crippen LogP contribution in [0.4, 0.5) is 0 Å². The Morgan fingerprint density at radius 1 is 1.22 bits per heavy atom. The Hall–Kier alpha value is -0.120. The number of likely N-dealkylation sites (N-methyl/N-ethyl adjacent to an activating group) is 1. The molecule has 0 aliphatic carbocycles. The third-order valence-corrected chi connectivity index (χ3v) is 4.13. The van der Waals surface area contributed by atoms with Crippen molar-refractivity contribution < 1.29 is 0 Å². The molecule has 0 aromatic carbocycles. The lowest BCUT2D eigenvalue weighted by Crippen LogP contribution is -2.47. The highest BCUT2D eigenvalue weighted by Crippen LogP contribution is 2.13. The fourth-order valence-corrected chi connectivity index (χ4v) is 2.89. The highest BCUT2D eigenvalue weighted by Gasteiger charge is 2.23. The Balaban J connectivity index is 2.49. The molecule has 1 aliphatic rings. The second kappa shape index (κ2) is 8.89. The van der Waals surface area contributed by atoms with Gasteiger partial charge in [-0.3, -0.25) is 4.90 Å². The lowest BCUT2D eigenvalue weighted by molar-refractivity contribution is 0.164. The van der Waals surface area contributed by atoms with Crippen LogP contribution in [-0.2, 0) is 0 Å². The van der Waals surface area contributed by atoms with Crippen molar-refractivity contribution in [3.8, 4) is 0 Å². The van der Waals surface area contributed by atoms with Crippen molar-refractivity contribution in [1.82, 2.24) is 15.1 Å². The van der Waals surface area contributed by atoms with Crippen molar-refractivity contribution >= 4 is 0 Å². The minimum Gasteiger partial charge on any atom is -0.313 e. The molecule has 0 amide bonds. The SMILES string of the molecule is CCCNC(CC)CN1CCCN(C)CC1CC. The van der Waals surface area contributed by atoms with Crippen LogP contribution in [0.3, 0.4) is 0 Å². The number of rotatable bonds is 7. The van der Waals surface area contributed by atoms with Crippen LogP contribution >= 0.6 is 0 Å². The maximum atomic E-state index is 3.69. The van der Waals surface area contributed by atoms with E-state index >= 15 is 0 Å². The van der Waals surface area contributed by atoms with Crippen molar-refractivity contribution in [3.05, 3.63) is 0 Å². The zero-order valence-electron chi connectivity index (χ0n) is 12.9. The molecular formula is C15H33N3. The van der Waals surface area contributed by atoms with E-state index in [2.05, 4.69) is 42.9 Å². The molecular weight excluding hydrogens is 222 g/mol. The summed E-state index contributed by atoms with van der Waals surface area (Å²) in [6.07, 6.45) is 5.06. The van der Waals surface area contributed by atoms with E-state index in [9.17, 15) is 0 Å². The summed E-state index contributed by atoms with van der Waals surface area (Å²) in [5, 5.41) is 3.69. The highest BCUT2D eigenvalue weighted by atomic mass is 15.2. The first-order chi connectivity index (χ1) is 8.71. The van der Waals surface area contributed by atoms with Gasteiger partial charge in [0.2, 0.25) is 0 Å². The van der Waals surface area contributed by atoms with Gasteiger partial charge in [-0.1, -0.05) is 20.8 Å². The van der Waals surface area contributed by atoms with Crippen molar-refractivity contribution in [3.63, 3.8) is 0 Å². The lowest BCUT2D eigenvalue weighted by Gasteiger charge is -2.33. The Kier molecular flexibility index (Phi) is 7.87. The molecule has 2 atom stereocenters. The van der Waals surface area contributed by atoms with Crippen molar-refractivity contribution in [2.24, 2.45) is 0 Å². The number of nitrogens with zero attached hydrogens (tertiary/aromatic N) is 2. The van der Waals surface area contributed by atoms with Crippen LogP contribution in [0.2, 0.25) is 0 Å². The maximum Gasteiger partial charge on any atom is 0.0221 e. The van der Waals surface area contributed by atoms with Gasteiger partial charge in [0.1, 0.15) is 0 Å². The first-order valence-electron chi connectivity index (χ1n) is 7.87. The Morgan fingerprint density at radius 3 is 2.61 bits per heavy atom. The van der Waals surface area contributed by atoms with Crippen LogP contribution in [0.25, 0.3) is 0 Å². The summed E-state index contributed by atoms with van der Waals surface area (Å²) in [5.41, 5.74) is 0. The van der Waals surface area contributed by atoms with E-state index in [1.54, 1.807) is 0 Å². The van der Waals surface area contributed by atoms with Crippen LogP contribution in [0.5, 0.6) is 0 Å². The van der Waals surface area contributed by atoms with E-state index in [1.807, 2.05) is 0 Å². The van der Waals surface area contributed by atoms with E-state index in [1.165, 1.54) is 51.9 Å². The second-order valence-electron chi connectivity index (χ2n) is 5.73. The Labute approximate surface area is 114 Å². The van der Waals surface area contributed by atoms with Crippen molar-refractivity contribution in [1.29, 1.82) is 0 Å². The molecule has 18 heavy (non-hydrogen) atoms. The summed E-state index contributed by atoms with van der Waals surface area (Å²) in [6.45, 7) is 13.0. The van der Waals surface area contributed by atoms with Gasteiger partial charge >= 0.3 is 0 Å². The molecule has 3 heteroatoms. The molecule has 108 valence electrons. The van der Waals surface area contributed by atoms with Gasteiger partial charge in [-0.05, 0) is 52.4 Å². The molecule has 1 saturated heterocycles. The van der Waals surface area contributed by atoms with Gasteiger partial charge in [-0.25, -0.2) is 0 Å². The minimum atomic E-state index is 0.669. The third kappa shape index (κ3) is 5.25. The monoisotopic (exact) mass is 255 g/mol. The summed E-state index contributed by atoms with van der Waals surface area (Å²) >= 11 is 0. The number of nitrogens with one attached hydrogen (secondary N) is 1. The molecule has 1 aliphatic heterocycles. The van der Waals surface area contributed by atoms with Gasteiger partial charge < -0.3 is 10.2 Å². The maximum absolute atomic E-state index is 3.69. The summed E-state index contributed by atoms with van der Waals surface area (Å²) in [4.78, 5) is 5.22. The van der Waals surface area contributed by atoms with Crippen LogP contribution in [-0.4, -0.2) is 61.7 Å². The molecule has 1 fully saturated rings. The van der Waals surface area contributed by atoms with E-state index in [0.717, 1.165) is 12.6 Å². The van der Waals surface area contributed by atoms with E-state index in [-0.39, 0.29) is 0 Å². The number of hydrogen-bond acceptors (Lipinski definition) is 3. The Bertz CT molecular complexity index is 208. The largest absolute Gasteiger partial charge is 0.313 e. The van der Waals surface area contributed by atoms with Crippen molar-refractivity contribution in [2.75, 3.05) is 39.8 Å². The zero-order chi connectivity index (χ0) is 13.4. The fraction of sp³-hybridized carbons (Fsp3) is 1.00. The predicted octanol–water partition coefficient (Wildman–Crippen LogP) is 2.18. The first-order valence-corrected chi connectivity index (χ1v) is 7.87. The molecule has 0 bridgehead atoms. The number of hydrogen-bond donors (Lipinski definition) is 1. The predicted molar refractivity (Wildman–Crippen MR) is 80.1 cm³/mol. The third-order valence-electron chi connectivity index (χ3n) is 4.13. The normalized spacial score (nSPS) is 25.0. The average molecular weight is 255 g/mol. The van der Waals surface area contributed by atoms with E-state index < -0.39 is 0 Å². The van der Waals surface area contributed by atoms with Gasteiger partial charge in [0.25, 0.3) is 0 Å². The molecule has 0 aromatic rings. The summed E-state index contributed by atoms with van der Waals surface area (Å²) < 4.78 is 0. The minimum absolute atomic E-state index is 0.669. The van der Waals surface area contributed by atoms with Gasteiger partial charge in [-0.15, -0.1) is 0 Å². The molecule has 0 saturated carbocycles. The lowest BCUT2D eigenvalue weighted by atomic mass is 10.1. The quantitative estimate of drug-likeness (QED) is 0.752. The standard InChI is InChI=1S/C15H33N3/c1-5-9-16-14(6-2)12-18-11-8-10-17(4)13-15(18)7-3/h14-16H,5-13H2,1-4H3. The molecule has 0 aromatic heterocycles.